The van der Waals surface area contributed by atoms with Crippen LogP contribution in [0.4, 0.5) is 41.3 Å². The third-order valence-electron chi connectivity index (χ3n) is 4.23. The minimum absolute atomic E-state index is 0.00182. The Balaban J connectivity index is 1.69. The van der Waals surface area contributed by atoms with Gasteiger partial charge in [0.2, 0.25) is 11.6 Å². The molecule has 12 heteroatoms. The second-order valence-corrected chi connectivity index (χ2v) is 7.53. The standard InChI is InChI=1S/C19H13F3N6O2S/c1-10-5-6-13-14(7-10)31-18(26-13)27-17-15(28(29)30)16(23-9-24-17)25-12-4-2-3-11(8-12)19(20,21)22/h2-9H,1H3,(H2,23,24,25,26,27). The fourth-order valence-corrected chi connectivity index (χ4v) is 3.79. The molecule has 0 unspecified atom stereocenters. The summed E-state index contributed by atoms with van der Waals surface area (Å²) in [5.41, 5.74) is 0.353. The van der Waals surface area contributed by atoms with Crippen molar-refractivity contribution in [3.8, 4) is 0 Å². The molecule has 0 fully saturated rings. The molecular weight excluding hydrogens is 433 g/mol. The van der Waals surface area contributed by atoms with E-state index in [-0.39, 0.29) is 17.3 Å². The van der Waals surface area contributed by atoms with Crippen LogP contribution in [0, 0.1) is 17.0 Å². The lowest BCUT2D eigenvalue weighted by Crippen LogP contribution is -2.07. The molecule has 0 bridgehead atoms. The minimum atomic E-state index is -4.55. The highest BCUT2D eigenvalue weighted by Crippen LogP contribution is 2.36. The number of benzene rings is 2. The Morgan fingerprint density at radius 2 is 1.81 bits per heavy atom. The molecule has 2 aromatic heterocycles. The molecule has 8 nitrogen and oxygen atoms in total. The third-order valence-corrected chi connectivity index (χ3v) is 5.16. The first-order valence-corrected chi connectivity index (χ1v) is 9.60. The van der Waals surface area contributed by atoms with Gasteiger partial charge < -0.3 is 10.6 Å². The number of aromatic nitrogens is 3. The van der Waals surface area contributed by atoms with Crippen molar-refractivity contribution in [2.75, 3.05) is 10.6 Å². The van der Waals surface area contributed by atoms with Gasteiger partial charge in [-0.05, 0) is 42.8 Å². The highest BCUT2D eigenvalue weighted by Gasteiger charge is 2.31. The second-order valence-electron chi connectivity index (χ2n) is 6.50. The average molecular weight is 446 g/mol. The summed E-state index contributed by atoms with van der Waals surface area (Å²) in [5, 5.41) is 17.5. The number of hydrogen-bond donors (Lipinski definition) is 2. The van der Waals surface area contributed by atoms with Crippen LogP contribution in [0.25, 0.3) is 10.2 Å². The molecule has 0 aliphatic rings. The van der Waals surface area contributed by atoms with Crippen molar-refractivity contribution in [2.24, 2.45) is 0 Å². The van der Waals surface area contributed by atoms with E-state index in [1.165, 1.54) is 23.5 Å². The first-order valence-electron chi connectivity index (χ1n) is 8.78. The van der Waals surface area contributed by atoms with E-state index >= 15 is 0 Å². The van der Waals surface area contributed by atoms with E-state index in [9.17, 15) is 23.3 Å². The number of anilines is 4. The quantitative estimate of drug-likeness (QED) is 0.294. The molecule has 0 saturated carbocycles. The Morgan fingerprint density at radius 1 is 1.06 bits per heavy atom. The molecule has 0 atom stereocenters. The van der Waals surface area contributed by atoms with Gasteiger partial charge in [-0.1, -0.05) is 23.5 Å². The highest BCUT2D eigenvalue weighted by molar-refractivity contribution is 7.22. The minimum Gasteiger partial charge on any atom is -0.334 e. The van der Waals surface area contributed by atoms with Crippen LogP contribution in [0.1, 0.15) is 11.1 Å². The maximum Gasteiger partial charge on any atom is 0.416 e. The van der Waals surface area contributed by atoms with Gasteiger partial charge >= 0.3 is 11.9 Å². The average Bonchev–Trinajstić information content (AvgIpc) is 3.08. The molecule has 4 aromatic rings. The van der Waals surface area contributed by atoms with E-state index < -0.39 is 22.4 Å². The van der Waals surface area contributed by atoms with Crippen molar-refractivity contribution in [3.05, 3.63) is 70.0 Å². The summed E-state index contributed by atoms with van der Waals surface area (Å²) < 4.78 is 39.8. The predicted molar refractivity (Wildman–Crippen MR) is 111 cm³/mol. The van der Waals surface area contributed by atoms with Crippen LogP contribution < -0.4 is 10.6 Å². The van der Waals surface area contributed by atoms with E-state index in [0.29, 0.717) is 5.13 Å². The van der Waals surface area contributed by atoms with Crippen LogP contribution >= 0.6 is 11.3 Å². The van der Waals surface area contributed by atoms with Gasteiger partial charge in [0.25, 0.3) is 0 Å². The molecule has 31 heavy (non-hydrogen) atoms. The summed E-state index contributed by atoms with van der Waals surface area (Å²) in [6.07, 6.45) is -3.48. The number of hydrogen-bond acceptors (Lipinski definition) is 8. The van der Waals surface area contributed by atoms with E-state index in [1.807, 2.05) is 25.1 Å². The van der Waals surface area contributed by atoms with Gasteiger partial charge in [0.15, 0.2) is 5.13 Å². The van der Waals surface area contributed by atoms with Crippen LogP contribution in [0.5, 0.6) is 0 Å². The van der Waals surface area contributed by atoms with Gasteiger partial charge in [0.1, 0.15) is 6.33 Å². The largest absolute Gasteiger partial charge is 0.416 e. The van der Waals surface area contributed by atoms with Crippen LogP contribution in [-0.2, 0) is 6.18 Å². The zero-order chi connectivity index (χ0) is 22.2. The molecule has 0 saturated heterocycles. The number of fused-ring (bicyclic) bond motifs is 1. The molecule has 0 spiro atoms. The van der Waals surface area contributed by atoms with Gasteiger partial charge in [-0.15, -0.1) is 0 Å². The van der Waals surface area contributed by atoms with E-state index in [4.69, 9.17) is 0 Å². The maximum atomic E-state index is 13.0. The summed E-state index contributed by atoms with van der Waals surface area (Å²) in [5.74, 6) is -0.385. The Morgan fingerprint density at radius 3 is 2.52 bits per heavy atom. The molecule has 0 radical (unpaired) electrons. The first kappa shape index (κ1) is 20.5. The van der Waals surface area contributed by atoms with Gasteiger partial charge in [-0.2, -0.15) is 13.2 Å². The first-order chi connectivity index (χ1) is 14.7. The molecule has 158 valence electrons. The van der Waals surface area contributed by atoms with Crippen LogP contribution in [0.3, 0.4) is 0 Å². The van der Waals surface area contributed by atoms with Crippen molar-refractivity contribution in [1.29, 1.82) is 0 Å². The van der Waals surface area contributed by atoms with Crippen molar-refractivity contribution in [1.82, 2.24) is 15.0 Å². The monoisotopic (exact) mass is 446 g/mol. The summed E-state index contributed by atoms with van der Waals surface area (Å²) in [6.45, 7) is 1.94. The van der Waals surface area contributed by atoms with Gasteiger partial charge in [-0.3, -0.25) is 10.1 Å². The molecule has 0 aliphatic heterocycles. The lowest BCUT2D eigenvalue weighted by molar-refractivity contribution is -0.383. The van der Waals surface area contributed by atoms with Gasteiger partial charge in [-0.25, -0.2) is 15.0 Å². The fraction of sp³-hybridized carbons (Fsp3) is 0.105. The Labute approximate surface area is 177 Å². The van der Waals surface area contributed by atoms with Crippen molar-refractivity contribution in [2.45, 2.75) is 13.1 Å². The lowest BCUT2D eigenvalue weighted by atomic mass is 10.2. The summed E-state index contributed by atoms with van der Waals surface area (Å²) in [7, 11) is 0. The zero-order valence-corrected chi connectivity index (χ0v) is 16.6. The number of alkyl halides is 3. The summed E-state index contributed by atoms with van der Waals surface area (Å²) in [4.78, 5) is 23.1. The predicted octanol–water partition coefficient (Wildman–Crippen LogP) is 5.81. The zero-order valence-electron chi connectivity index (χ0n) is 15.8. The molecule has 4 rings (SSSR count). The normalized spacial score (nSPS) is 11.5. The smallest absolute Gasteiger partial charge is 0.334 e. The van der Waals surface area contributed by atoms with Gasteiger partial charge in [0.05, 0.1) is 20.7 Å². The van der Waals surface area contributed by atoms with Gasteiger partial charge in [0, 0.05) is 5.69 Å². The maximum absolute atomic E-state index is 13.0. The number of aryl methyl sites for hydroxylation is 1. The van der Waals surface area contributed by atoms with E-state index in [1.54, 1.807) is 0 Å². The van der Waals surface area contributed by atoms with Crippen molar-refractivity contribution >= 4 is 49.7 Å². The molecule has 2 heterocycles. The molecule has 0 aliphatic carbocycles. The Kier molecular flexibility index (Phi) is 5.15. The molecular formula is C19H13F3N6O2S. The van der Waals surface area contributed by atoms with Crippen LogP contribution in [0.15, 0.2) is 48.8 Å². The Bertz CT molecular complexity index is 1290. The number of rotatable bonds is 5. The van der Waals surface area contributed by atoms with Crippen LogP contribution in [0.2, 0.25) is 0 Å². The number of nitrogens with zero attached hydrogens (tertiary/aromatic N) is 4. The molecule has 2 aromatic carbocycles. The molecule has 0 amide bonds. The second kappa shape index (κ2) is 7.80. The Hall–Kier alpha value is -3.80. The van der Waals surface area contributed by atoms with Crippen molar-refractivity contribution in [3.63, 3.8) is 0 Å². The number of nitro groups is 1. The number of halogens is 3. The van der Waals surface area contributed by atoms with E-state index in [0.717, 1.165) is 34.2 Å². The summed E-state index contributed by atoms with van der Waals surface area (Å²) in [6, 6.07) is 9.96. The van der Waals surface area contributed by atoms with Crippen LogP contribution in [-0.4, -0.2) is 19.9 Å². The fourth-order valence-electron chi connectivity index (χ4n) is 2.83. The number of thiazole rings is 1. The number of nitrogens with one attached hydrogen (secondary N) is 2. The lowest BCUT2D eigenvalue weighted by Gasteiger charge is -2.11. The highest BCUT2D eigenvalue weighted by atomic mass is 32.1. The topological polar surface area (TPSA) is 106 Å². The third kappa shape index (κ3) is 4.38. The molecule has 2 N–H and O–H groups in total. The van der Waals surface area contributed by atoms with E-state index in [2.05, 4.69) is 25.6 Å². The summed E-state index contributed by atoms with van der Waals surface area (Å²) >= 11 is 1.29. The van der Waals surface area contributed by atoms with Crippen molar-refractivity contribution < 1.29 is 18.1 Å². The SMILES string of the molecule is Cc1ccc2nc(Nc3ncnc(Nc4cccc(C(F)(F)F)c4)c3[N+](=O)[O-])sc2c1.